The summed E-state index contributed by atoms with van der Waals surface area (Å²) in [6.45, 7) is 1.75. The van der Waals surface area contributed by atoms with E-state index in [0.717, 1.165) is 10.6 Å². The Labute approximate surface area is 158 Å². The smallest absolute Gasteiger partial charge is 0.352 e. The number of aromatic nitrogens is 4. The van der Waals surface area contributed by atoms with Gasteiger partial charge in [-0.1, -0.05) is 16.8 Å². The third kappa shape index (κ3) is 4.06. The number of methoxy groups -OCH3 is 2. The maximum atomic E-state index is 6.24. The second-order valence-corrected chi connectivity index (χ2v) is 6.24. The van der Waals surface area contributed by atoms with Gasteiger partial charge in [0.15, 0.2) is 0 Å². The van der Waals surface area contributed by atoms with Gasteiger partial charge in [-0.25, -0.2) is 4.98 Å². The van der Waals surface area contributed by atoms with E-state index in [1.807, 2.05) is 12.1 Å². The van der Waals surface area contributed by atoms with E-state index in [1.54, 1.807) is 19.3 Å². The molecule has 134 valence electrons. The highest BCUT2D eigenvalue weighted by molar-refractivity contribution is 7.17. The molecule has 0 radical (unpaired) electrons. The maximum absolute atomic E-state index is 6.24. The van der Waals surface area contributed by atoms with Crippen molar-refractivity contribution < 1.29 is 14.3 Å². The summed E-state index contributed by atoms with van der Waals surface area (Å²) in [4.78, 5) is 22.5. The highest BCUT2D eigenvalue weighted by Gasteiger charge is 2.15. The molecule has 0 fully saturated rings. The molecule has 0 N–H and O–H groups in total. The van der Waals surface area contributed by atoms with Crippen LogP contribution < -0.4 is 14.3 Å². The van der Waals surface area contributed by atoms with Gasteiger partial charge in [-0.2, -0.15) is 9.97 Å². The maximum Gasteiger partial charge on any atom is 0.352 e. The molecule has 0 saturated heterocycles. The van der Waals surface area contributed by atoms with Crippen molar-refractivity contribution in [1.82, 2.24) is 19.9 Å². The fourth-order valence-electron chi connectivity index (χ4n) is 1.92. The summed E-state index contributed by atoms with van der Waals surface area (Å²) >= 11 is 7.63. The van der Waals surface area contributed by atoms with Gasteiger partial charge in [0, 0.05) is 18.0 Å². The molecule has 0 amide bonds. The Morgan fingerprint density at radius 3 is 2.50 bits per heavy atom. The first kappa shape index (κ1) is 18.0. The van der Waals surface area contributed by atoms with Crippen LogP contribution in [0.1, 0.15) is 11.8 Å². The van der Waals surface area contributed by atoms with Crippen LogP contribution in [-0.4, -0.2) is 39.9 Å². The SMILES string of the molecule is COc1cc(OC)nc(ON=C(C)c2sc(-c3cccnc3)nc2Cl)n1. The van der Waals surface area contributed by atoms with Crippen molar-refractivity contribution in [2.45, 2.75) is 6.92 Å². The molecule has 3 rings (SSSR count). The summed E-state index contributed by atoms with van der Waals surface area (Å²) in [5, 5.41) is 5.11. The Hall–Kier alpha value is -2.78. The Bertz CT molecular complexity index is 911. The molecule has 0 aliphatic carbocycles. The van der Waals surface area contributed by atoms with E-state index in [2.05, 4.69) is 25.1 Å². The minimum absolute atomic E-state index is 0.00586. The van der Waals surface area contributed by atoms with Gasteiger partial charge in [-0.15, -0.1) is 11.3 Å². The molecule has 0 aliphatic rings. The van der Waals surface area contributed by atoms with Crippen molar-refractivity contribution in [2.75, 3.05) is 14.2 Å². The first-order chi connectivity index (χ1) is 12.6. The quantitative estimate of drug-likeness (QED) is 0.469. The van der Waals surface area contributed by atoms with Gasteiger partial charge < -0.3 is 14.3 Å². The molecule has 26 heavy (non-hydrogen) atoms. The minimum atomic E-state index is -0.00586. The molecule has 0 saturated carbocycles. The second kappa shape index (κ2) is 8.07. The predicted octanol–water partition coefficient (Wildman–Crippen LogP) is 3.47. The number of halogens is 1. The normalized spacial score (nSPS) is 11.3. The van der Waals surface area contributed by atoms with Gasteiger partial charge in [0.2, 0.25) is 11.8 Å². The van der Waals surface area contributed by atoms with Gasteiger partial charge >= 0.3 is 6.01 Å². The molecule has 0 aliphatic heterocycles. The number of thiazole rings is 1. The van der Waals surface area contributed by atoms with Crippen molar-refractivity contribution in [3.05, 3.63) is 40.6 Å². The van der Waals surface area contributed by atoms with Crippen LogP contribution in [0.5, 0.6) is 17.8 Å². The number of hydrogen-bond donors (Lipinski definition) is 0. The number of hydrogen-bond acceptors (Lipinski definition) is 9. The van der Waals surface area contributed by atoms with E-state index in [4.69, 9.17) is 25.9 Å². The largest absolute Gasteiger partial charge is 0.481 e. The molecule has 0 spiro atoms. The van der Waals surface area contributed by atoms with Crippen LogP contribution >= 0.6 is 22.9 Å². The van der Waals surface area contributed by atoms with Crippen molar-refractivity contribution in [1.29, 1.82) is 0 Å². The number of rotatable bonds is 6. The molecule has 8 nitrogen and oxygen atoms in total. The molecule has 0 bridgehead atoms. The van der Waals surface area contributed by atoms with Crippen LogP contribution in [0.15, 0.2) is 35.7 Å². The molecular weight excluding hydrogens is 378 g/mol. The van der Waals surface area contributed by atoms with Crippen molar-refractivity contribution in [3.63, 3.8) is 0 Å². The lowest BCUT2D eigenvalue weighted by molar-refractivity contribution is 0.290. The number of nitrogens with zero attached hydrogens (tertiary/aromatic N) is 5. The average molecular weight is 392 g/mol. The highest BCUT2D eigenvalue weighted by Crippen LogP contribution is 2.31. The first-order valence-corrected chi connectivity index (χ1v) is 8.56. The Kier molecular flexibility index (Phi) is 5.59. The lowest BCUT2D eigenvalue weighted by Crippen LogP contribution is -2.01. The topological polar surface area (TPSA) is 91.6 Å². The van der Waals surface area contributed by atoms with E-state index in [-0.39, 0.29) is 6.01 Å². The third-order valence-corrected chi connectivity index (χ3v) is 4.76. The zero-order valence-electron chi connectivity index (χ0n) is 14.1. The Balaban J connectivity index is 1.83. The van der Waals surface area contributed by atoms with E-state index in [9.17, 15) is 0 Å². The van der Waals surface area contributed by atoms with Crippen molar-refractivity contribution >= 4 is 28.6 Å². The summed E-state index contributed by atoms with van der Waals surface area (Å²) < 4.78 is 10.1. The van der Waals surface area contributed by atoms with Crippen LogP contribution in [0, 0.1) is 0 Å². The first-order valence-electron chi connectivity index (χ1n) is 7.36. The predicted molar refractivity (Wildman–Crippen MR) is 98.3 cm³/mol. The standard InChI is InChI=1S/C16H14ClN5O3S/c1-9(22-25-16-19-11(23-2)7-12(20-16)24-3)13-14(17)21-15(26-13)10-5-4-6-18-8-10/h4-8H,1-3H3. The number of oxime groups is 1. The van der Waals surface area contributed by atoms with Gasteiger partial charge in [-0.05, 0) is 19.1 Å². The Morgan fingerprint density at radius 2 is 1.88 bits per heavy atom. The molecule has 3 aromatic heterocycles. The van der Waals surface area contributed by atoms with Crippen LogP contribution in [0.4, 0.5) is 0 Å². The summed E-state index contributed by atoms with van der Waals surface area (Å²) in [6, 6.07) is 5.27. The van der Waals surface area contributed by atoms with Gasteiger partial charge in [0.25, 0.3) is 0 Å². The molecule has 0 atom stereocenters. The van der Waals surface area contributed by atoms with Gasteiger partial charge in [-0.3, -0.25) is 4.98 Å². The third-order valence-electron chi connectivity index (χ3n) is 3.16. The van der Waals surface area contributed by atoms with Crippen molar-refractivity contribution in [2.24, 2.45) is 5.16 Å². The zero-order chi connectivity index (χ0) is 18.5. The summed E-state index contributed by atoms with van der Waals surface area (Å²) in [5.41, 5.74) is 1.41. The van der Waals surface area contributed by atoms with Crippen molar-refractivity contribution in [3.8, 4) is 28.3 Å². The summed E-state index contributed by atoms with van der Waals surface area (Å²) in [7, 11) is 2.97. The van der Waals surface area contributed by atoms with Crippen LogP contribution in [0.25, 0.3) is 10.6 Å². The molecule has 0 aromatic carbocycles. The fraction of sp³-hybridized carbons (Fsp3) is 0.188. The molecule has 0 unspecified atom stereocenters. The number of ether oxygens (including phenoxy) is 2. The highest BCUT2D eigenvalue weighted by atomic mass is 35.5. The van der Waals surface area contributed by atoms with Gasteiger partial charge in [0.05, 0.1) is 30.9 Å². The van der Waals surface area contributed by atoms with Crippen LogP contribution in [-0.2, 0) is 0 Å². The minimum Gasteiger partial charge on any atom is -0.481 e. The van der Waals surface area contributed by atoms with Crippen LogP contribution in [0.2, 0.25) is 5.15 Å². The summed E-state index contributed by atoms with van der Waals surface area (Å²) in [5.74, 6) is 0.601. The monoisotopic (exact) mass is 391 g/mol. The van der Waals surface area contributed by atoms with Crippen LogP contribution in [0.3, 0.4) is 0 Å². The molecule has 3 aromatic rings. The number of pyridine rings is 1. The average Bonchev–Trinajstić information content (AvgIpc) is 3.08. The molecule has 10 heteroatoms. The van der Waals surface area contributed by atoms with E-state index in [1.165, 1.54) is 31.6 Å². The molecular formula is C16H14ClN5O3S. The second-order valence-electron chi connectivity index (χ2n) is 4.88. The lowest BCUT2D eigenvalue weighted by Gasteiger charge is -2.04. The molecule has 3 heterocycles. The van der Waals surface area contributed by atoms with E-state index < -0.39 is 0 Å². The lowest BCUT2D eigenvalue weighted by atomic mass is 10.3. The fourth-order valence-corrected chi connectivity index (χ4v) is 3.19. The van der Waals surface area contributed by atoms with E-state index in [0.29, 0.717) is 27.5 Å². The van der Waals surface area contributed by atoms with Gasteiger partial charge in [0.1, 0.15) is 10.2 Å². The Morgan fingerprint density at radius 1 is 1.15 bits per heavy atom. The van der Waals surface area contributed by atoms with E-state index >= 15 is 0 Å². The zero-order valence-corrected chi connectivity index (χ0v) is 15.7. The summed E-state index contributed by atoms with van der Waals surface area (Å²) in [6.07, 6.45) is 3.42.